The highest BCUT2D eigenvalue weighted by molar-refractivity contribution is 7.90. The zero-order valence-electron chi connectivity index (χ0n) is 16.1. The second-order valence-corrected chi connectivity index (χ2v) is 9.36. The number of amides is 2. The van der Waals surface area contributed by atoms with Crippen LogP contribution in [0.15, 0.2) is 41.3 Å². The minimum atomic E-state index is -3.52. The van der Waals surface area contributed by atoms with Crippen molar-refractivity contribution in [3.8, 4) is 0 Å². The van der Waals surface area contributed by atoms with Gasteiger partial charge in [-0.1, -0.05) is 13.8 Å². The number of rotatable bonds is 4. The standard InChI is InChI=1S/C20H20F2N2O4S/c1-11(2)19-20(26)23-16-10-15(29(3,27)28)4-5-17(16)24(19)18(25)8-12-6-13(21)9-14(22)7-12/h4-7,9-11,19H,8H2,1-3H3,(H,23,26)/t19-/m0/s1. The van der Waals surface area contributed by atoms with Crippen molar-refractivity contribution >= 4 is 33.0 Å². The molecule has 1 aliphatic heterocycles. The fourth-order valence-electron chi connectivity index (χ4n) is 3.39. The van der Waals surface area contributed by atoms with E-state index in [2.05, 4.69) is 5.32 Å². The number of sulfone groups is 1. The van der Waals surface area contributed by atoms with Crippen LogP contribution in [0.25, 0.3) is 0 Å². The molecule has 2 amide bonds. The number of hydrogen-bond acceptors (Lipinski definition) is 4. The monoisotopic (exact) mass is 422 g/mol. The summed E-state index contributed by atoms with van der Waals surface area (Å²) in [6, 6.07) is 6.07. The average molecular weight is 422 g/mol. The molecule has 0 saturated carbocycles. The number of nitrogens with one attached hydrogen (secondary N) is 1. The van der Waals surface area contributed by atoms with Crippen LogP contribution in [0.3, 0.4) is 0 Å². The van der Waals surface area contributed by atoms with Crippen LogP contribution in [0.1, 0.15) is 19.4 Å². The predicted octanol–water partition coefficient (Wildman–Crippen LogP) is 2.92. The summed E-state index contributed by atoms with van der Waals surface area (Å²) in [5, 5.41) is 2.65. The molecule has 2 aromatic rings. The fourth-order valence-corrected chi connectivity index (χ4v) is 4.04. The highest BCUT2D eigenvalue weighted by atomic mass is 32.2. The number of carbonyl (C=O) groups is 2. The molecule has 29 heavy (non-hydrogen) atoms. The zero-order valence-corrected chi connectivity index (χ0v) is 16.9. The normalized spacial score (nSPS) is 16.6. The largest absolute Gasteiger partial charge is 0.322 e. The van der Waals surface area contributed by atoms with Gasteiger partial charge in [-0.2, -0.15) is 0 Å². The predicted molar refractivity (Wildman–Crippen MR) is 104 cm³/mol. The van der Waals surface area contributed by atoms with Crippen LogP contribution in [-0.2, 0) is 25.8 Å². The second-order valence-electron chi connectivity index (χ2n) is 7.35. The third-order valence-electron chi connectivity index (χ3n) is 4.64. The Morgan fingerprint density at radius 3 is 2.31 bits per heavy atom. The molecule has 2 aromatic carbocycles. The van der Waals surface area contributed by atoms with Crippen molar-refractivity contribution < 1.29 is 26.8 Å². The molecule has 0 spiro atoms. The van der Waals surface area contributed by atoms with Gasteiger partial charge in [0, 0.05) is 12.3 Å². The van der Waals surface area contributed by atoms with Gasteiger partial charge in [0.25, 0.3) is 0 Å². The van der Waals surface area contributed by atoms with Gasteiger partial charge in [-0.15, -0.1) is 0 Å². The molecule has 1 atom stereocenters. The summed E-state index contributed by atoms with van der Waals surface area (Å²) in [7, 11) is -3.52. The van der Waals surface area contributed by atoms with E-state index in [0.717, 1.165) is 18.4 Å². The molecular formula is C20H20F2N2O4S. The van der Waals surface area contributed by atoms with Crippen molar-refractivity contribution in [2.75, 3.05) is 16.5 Å². The number of anilines is 2. The molecule has 1 aliphatic rings. The quantitative estimate of drug-likeness (QED) is 0.821. The van der Waals surface area contributed by atoms with Gasteiger partial charge in [0.2, 0.25) is 11.8 Å². The van der Waals surface area contributed by atoms with E-state index >= 15 is 0 Å². The third kappa shape index (κ3) is 4.29. The number of fused-ring (bicyclic) bond motifs is 1. The van der Waals surface area contributed by atoms with E-state index in [0.29, 0.717) is 11.8 Å². The Labute approximate surface area is 167 Å². The average Bonchev–Trinajstić information content (AvgIpc) is 2.57. The van der Waals surface area contributed by atoms with Gasteiger partial charge in [-0.3, -0.25) is 14.5 Å². The highest BCUT2D eigenvalue weighted by Gasteiger charge is 2.39. The Bertz CT molecular complexity index is 1080. The highest BCUT2D eigenvalue weighted by Crippen LogP contribution is 2.36. The van der Waals surface area contributed by atoms with Crippen LogP contribution in [0.2, 0.25) is 0 Å². The van der Waals surface area contributed by atoms with Crippen LogP contribution in [-0.4, -0.2) is 32.5 Å². The lowest BCUT2D eigenvalue weighted by Gasteiger charge is -2.38. The topological polar surface area (TPSA) is 83.6 Å². The van der Waals surface area contributed by atoms with Crippen molar-refractivity contribution in [2.45, 2.75) is 31.2 Å². The Kier molecular flexibility index (Phi) is 5.44. The van der Waals surface area contributed by atoms with E-state index in [9.17, 15) is 26.8 Å². The van der Waals surface area contributed by atoms with Crippen LogP contribution in [0, 0.1) is 17.6 Å². The SMILES string of the molecule is CC(C)[C@H]1C(=O)Nc2cc(S(C)(=O)=O)ccc2N1C(=O)Cc1cc(F)cc(F)c1. The molecular weight excluding hydrogens is 402 g/mol. The van der Waals surface area contributed by atoms with Gasteiger partial charge in [0.05, 0.1) is 22.7 Å². The molecule has 0 saturated heterocycles. The van der Waals surface area contributed by atoms with Gasteiger partial charge in [-0.05, 0) is 41.8 Å². The first-order chi connectivity index (χ1) is 13.5. The van der Waals surface area contributed by atoms with E-state index in [1.807, 2.05) is 0 Å². The zero-order chi connectivity index (χ0) is 21.5. The fraction of sp³-hybridized carbons (Fsp3) is 0.300. The van der Waals surface area contributed by atoms with Gasteiger partial charge in [0.1, 0.15) is 17.7 Å². The van der Waals surface area contributed by atoms with Crippen molar-refractivity contribution in [3.05, 3.63) is 53.6 Å². The summed E-state index contributed by atoms with van der Waals surface area (Å²) < 4.78 is 50.7. The first-order valence-electron chi connectivity index (χ1n) is 8.89. The molecule has 9 heteroatoms. The second kappa shape index (κ2) is 7.55. The summed E-state index contributed by atoms with van der Waals surface area (Å²) in [6.45, 7) is 3.53. The van der Waals surface area contributed by atoms with Crippen molar-refractivity contribution in [3.63, 3.8) is 0 Å². The lowest BCUT2D eigenvalue weighted by Crippen LogP contribution is -2.54. The Balaban J connectivity index is 2.06. The minimum absolute atomic E-state index is 0.000789. The molecule has 6 nitrogen and oxygen atoms in total. The first-order valence-corrected chi connectivity index (χ1v) is 10.8. The van der Waals surface area contributed by atoms with Crippen LogP contribution < -0.4 is 10.2 Å². The Morgan fingerprint density at radius 1 is 1.14 bits per heavy atom. The molecule has 3 rings (SSSR count). The Hall–Kier alpha value is -2.81. The van der Waals surface area contributed by atoms with Crippen molar-refractivity contribution in [1.82, 2.24) is 0 Å². The van der Waals surface area contributed by atoms with Gasteiger partial charge >= 0.3 is 0 Å². The Morgan fingerprint density at radius 2 is 1.76 bits per heavy atom. The lowest BCUT2D eigenvalue weighted by atomic mass is 9.96. The number of halogens is 2. The van der Waals surface area contributed by atoms with Crippen LogP contribution >= 0.6 is 0 Å². The number of nitrogens with zero attached hydrogens (tertiary/aromatic N) is 1. The smallest absolute Gasteiger partial charge is 0.247 e. The van der Waals surface area contributed by atoms with E-state index in [-0.39, 0.29) is 28.5 Å². The summed E-state index contributed by atoms with van der Waals surface area (Å²) >= 11 is 0. The molecule has 1 N–H and O–H groups in total. The molecule has 0 radical (unpaired) electrons. The van der Waals surface area contributed by atoms with Crippen molar-refractivity contribution in [2.24, 2.45) is 5.92 Å². The maximum absolute atomic E-state index is 13.5. The summed E-state index contributed by atoms with van der Waals surface area (Å²) in [6.07, 6.45) is 0.718. The van der Waals surface area contributed by atoms with E-state index < -0.39 is 39.3 Å². The number of benzene rings is 2. The summed E-state index contributed by atoms with van der Waals surface area (Å²) in [4.78, 5) is 27.0. The number of hydrogen-bond donors (Lipinski definition) is 1. The minimum Gasteiger partial charge on any atom is -0.322 e. The van der Waals surface area contributed by atoms with Gasteiger partial charge in [0.15, 0.2) is 9.84 Å². The summed E-state index contributed by atoms with van der Waals surface area (Å²) in [5.74, 6) is -2.86. The van der Waals surface area contributed by atoms with Crippen LogP contribution in [0.5, 0.6) is 0 Å². The molecule has 0 unspecified atom stereocenters. The van der Waals surface area contributed by atoms with E-state index in [4.69, 9.17) is 0 Å². The third-order valence-corrected chi connectivity index (χ3v) is 5.75. The molecule has 154 valence electrons. The molecule has 0 fully saturated rings. The molecule has 0 aliphatic carbocycles. The van der Waals surface area contributed by atoms with Crippen LogP contribution in [0.4, 0.5) is 20.2 Å². The summed E-state index contributed by atoms with van der Waals surface area (Å²) in [5.41, 5.74) is 0.654. The first kappa shape index (κ1) is 20.9. The van der Waals surface area contributed by atoms with E-state index in [1.165, 1.54) is 23.1 Å². The van der Waals surface area contributed by atoms with Gasteiger partial charge in [-0.25, -0.2) is 17.2 Å². The number of carbonyl (C=O) groups excluding carboxylic acids is 2. The molecule has 0 aromatic heterocycles. The lowest BCUT2D eigenvalue weighted by molar-refractivity contribution is -0.124. The van der Waals surface area contributed by atoms with Crippen molar-refractivity contribution in [1.29, 1.82) is 0 Å². The maximum atomic E-state index is 13.5. The molecule has 0 bridgehead atoms. The van der Waals surface area contributed by atoms with E-state index in [1.54, 1.807) is 13.8 Å². The maximum Gasteiger partial charge on any atom is 0.247 e. The van der Waals surface area contributed by atoms with Gasteiger partial charge < -0.3 is 5.32 Å². The molecule has 1 heterocycles.